The Labute approximate surface area is 227 Å². The lowest BCUT2D eigenvalue weighted by Crippen LogP contribution is -2.49. The Kier molecular flexibility index (Phi) is 6.56. The van der Waals surface area contributed by atoms with Crippen LogP contribution >= 0.6 is 0 Å². The zero-order valence-electron chi connectivity index (χ0n) is 21.4. The smallest absolute Gasteiger partial charge is 0.275 e. The standard InChI is InChI=1S/C31H29N3O4S/c35-30(26-13-11-25(12-14-26)24-9-5-2-6-10-24)33-18-23-17-27(20-33)29-16-15-28(31(36)34(29)19-23)32-39(37,38)21-22-7-3-1-4-8-22/h1-16,23,27,32H,17-21H2/t23-,27+/m0/s1. The van der Waals surface area contributed by atoms with Gasteiger partial charge in [-0.15, -0.1) is 0 Å². The fourth-order valence-electron chi connectivity index (χ4n) is 5.81. The Morgan fingerprint density at radius 2 is 1.46 bits per heavy atom. The predicted octanol–water partition coefficient (Wildman–Crippen LogP) is 4.72. The molecule has 2 bridgehead atoms. The van der Waals surface area contributed by atoms with Gasteiger partial charge in [0.05, 0.1) is 5.75 Å². The summed E-state index contributed by atoms with van der Waals surface area (Å²) in [4.78, 5) is 28.6. The van der Waals surface area contributed by atoms with Crippen molar-refractivity contribution in [1.29, 1.82) is 0 Å². The maximum Gasteiger partial charge on any atom is 0.275 e. The van der Waals surface area contributed by atoms with Crippen LogP contribution in [0.25, 0.3) is 11.1 Å². The van der Waals surface area contributed by atoms with Gasteiger partial charge in [0.2, 0.25) is 10.0 Å². The van der Waals surface area contributed by atoms with Gasteiger partial charge >= 0.3 is 0 Å². The number of hydrogen-bond acceptors (Lipinski definition) is 4. The average Bonchev–Trinajstić information content (AvgIpc) is 2.95. The van der Waals surface area contributed by atoms with E-state index in [1.54, 1.807) is 34.9 Å². The molecule has 3 aromatic carbocycles. The van der Waals surface area contributed by atoms with Crippen molar-refractivity contribution < 1.29 is 13.2 Å². The lowest BCUT2D eigenvalue weighted by molar-refractivity contribution is 0.0594. The van der Waals surface area contributed by atoms with Crippen molar-refractivity contribution in [2.24, 2.45) is 5.92 Å². The second-order valence-electron chi connectivity index (χ2n) is 10.4. The molecule has 0 unspecified atom stereocenters. The van der Waals surface area contributed by atoms with Gasteiger partial charge in [-0.1, -0.05) is 72.8 Å². The third-order valence-electron chi connectivity index (χ3n) is 7.60. The van der Waals surface area contributed by atoms with Gasteiger partial charge in [0.25, 0.3) is 11.5 Å². The Hall–Kier alpha value is -4.17. The van der Waals surface area contributed by atoms with Gasteiger partial charge < -0.3 is 9.47 Å². The molecule has 0 saturated carbocycles. The molecule has 2 aliphatic rings. The molecule has 2 atom stereocenters. The van der Waals surface area contributed by atoms with Crippen LogP contribution in [-0.2, 0) is 22.3 Å². The molecule has 1 N–H and O–H groups in total. The minimum Gasteiger partial charge on any atom is -0.338 e. The molecule has 0 radical (unpaired) electrons. The lowest BCUT2D eigenvalue weighted by atomic mass is 9.83. The van der Waals surface area contributed by atoms with Crippen LogP contribution in [0.15, 0.2) is 102 Å². The van der Waals surface area contributed by atoms with Crippen LogP contribution in [0, 0.1) is 5.92 Å². The fraction of sp³-hybridized carbons (Fsp3) is 0.226. The van der Waals surface area contributed by atoms with E-state index in [0.29, 0.717) is 30.8 Å². The summed E-state index contributed by atoms with van der Waals surface area (Å²) in [6, 6.07) is 30.0. The van der Waals surface area contributed by atoms with Crippen molar-refractivity contribution in [2.45, 2.75) is 24.6 Å². The van der Waals surface area contributed by atoms with Crippen LogP contribution < -0.4 is 10.3 Å². The van der Waals surface area contributed by atoms with E-state index in [2.05, 4.69) is 4.72 Å². The van der Waals surface area contributed by atoms with Gasteiger partial charge in [-0.3, -0.25) is 14.3 Å². The molecule has 1 aromatic heterocycles. The number of benzene rings is 3. The number of amides is 1. The fourth-order valence-corrected chi connectivity index (χ4v) is 7.00. The van der Waals surface area contributed by atoms with Gasteiger partial charge in [0.1, 0.15) is 5.69 Å². The van der Waals surface area contributed by atoms with Crippen LogP contribution in [0.5, 0.6) is 0 Å². The number of piperidine rings is 1. The second-order valence-corrected chi connectivity index (χ2v) is 12.1. The number of pyridine rings is 1. The summed E-state index contributed by atoms with van der Waals surface area (Å²) in [5, 5.41) is 0. The number of nitrogens with zero attached hydrogens (tertiary/aromatic N) is 2. The first-order valence-corrected chi connectivity index (χ1v) is 14.7. The number of anilines is 1. The molecule has 0 aliphatic carbocycles. The first-order valence-electron chi connectivity index (χ1n) is 13.1. The molecule has 1 amide bonds. The number of sulfonamides is 1. The highest BCUT2D eigenvalue weighted by atomic mass is 32.2. The van der Waals surface area contributed by atoms with Gasteiger partial charge in [-0.2, -0.15) is 0 Å². The molecule has 2 aliphatic heterocycles. The third-order valence-corrected chi connectivity index (χ3v) is 8.84. The summed E-state index contributed by atoms with van der Waals surface area (Å²) < 4.78 is 29.7. The first-order chi connectivity index (χ1) is 18.9. The normalized spacial score (nSPS) is 18.3. The van der Waals surface area contributed by atoms with Crippen LogP contribution in [0.2, 0.25) is 0 Å². The van der Waals surface area contributed by atoms with Crippen LogP contribution in [0.4, 0.5) is 5.69 Å². The molecule has 8 heteroatoms. The maximum atomic E-state index is 13.4. The molecule has 198 valence electrons. The molecular weight excluding hydrogens is 510 g/mol. The number of nitrogens with one attached hydrogen (secondary N) is 1. The lowest BCUT2D eigenvalue weighted by Gasteiger charge is -2.43. The summed E-state index contributed by atoms with van der Waals surface area (Å²) in [5.74, 6) is -0.0697. The van der Waals surface area contributed by atoms with Gasteiger partial charge in [0, 0.05) is 36.8 Å². The number of aromatic nitrogens is 1. The molecule has 1 saturated heterocycles. The zero-order chi connectivity index (χ0) is 27.0. The quantitative estimate of drug-likeness (QED) is 0.384. The van der Waals surface area contributed by atoms with E-state index in [0.717, 1.165) is 23.2 Å². The average molecular weight is 540 g/mol. The number of carbonyl (C=O) groups excluding carboxylic acids is 1. The number of rotatable bonds is 6. The summed E-state index contributed by atoms with van der Waals surface area (Å²) in [5.41, 5.74) is 4.03. The first kappa shape index (κ1) is 25.1. The van der Waals surface area contributed by atoms with Crippen molar-refractivity contribution in [3.63, 3.8) is 0 Å². The monoisotopic (exact) mass is 539 g/mol. The summed E-state index contributed by atoms with van der Waals surface area (Å²) in [6.45, 7) is 1.54. The Balaban J connectivity index is 1.18. The Morgan fingerprint density at radius 3 is 2.18 bits per heavy atom. The van der Waals surface area contributed by atoms with Crippen molar-refractivity contribution in [3.05, 3.63) is 124 Å². The Bertz CT molecular complexity index is 1670. The summed E-state index contributed by atoms with van der Waals surface area (Å²) >= 11 is 0. The summed E-state index contributed by atoms with van der Waals surface area (Å²) in [7, 11) is -3.74. The zero-order valence-corrected chi connectivity index (χ0v) is 22.2. The van der Waals surface area contributed by atoms with Crippen molar-refractivity contribution in [3.8, 4) is 11.1 Å². The number of likely N-dealkylation sites (tertiary alicyclic amines) is 1. The summed E-state index contributed by atoms with van der Waals surface area (Å²) in [6.07, 6.45) is 0.898. The van der Waals surface area contributed by atoms with Gasteiger partial charge in [-0.05, 0) is 53.3 Å². The molecule has 7 nitrogen and oxygen atoms in total. The maximum absolute atomic E-state index is 13.4. The van der Waals surface area contributed by atoms with Crippen molar-refractivity contribution >= 4 is 21.6 Å². The third kappa shape index (κ3) is 5.25. The van der Waals surface area contributed by atoms with Gasteiger partial charge in [0.15, 0.2) is 0 Å². The van der Waals surface area contributed by atoms with E-state index in [4.69, 9.17) is 0 Å². The minimum atomic E-state index is -3.74. The van der Waals surface area contributed by atoms with Crippen LogP contribution in [0.1, 0.15) is 34.0 Å². The highest BCUT2D eigenvalue weighted by Crippen LogP contribution is 2.36. The molecule has 39 heavy (non-hydrogen) atoms. The SMILES string of the molecule is O=C(c1ccc(-c2ccccc2)cc1)N1C[C@@H]2C[C@H](C1)c1ccc(NS(=O)(=O)Cc3ccccc3)c(=O)n1C2. The Morgan fingerprint density at radius 1 is 0.795 bits per heavy atom. The number of hydrogen-bond donors (Lipinski definition) is 1. The molecule has 1 fully saturated rings. The van der Waals surface area contributed by atoms with Crippen molar-refractivity contribution in [1.82, 2.24) is 9.47 Å². The minimum absolute atomic E-state index is 0.00889. The molecule has 0 spiro atoms. The number of fused-ring (bicyclic) bond motifs is 4. The molecule has 3 heterocycles. The second kappa shape index (κ2) is 10.2. The highest BCUT2D eigenvalue weighted by Gasteiger charge is 2.37. The van der Waals surface area contributed by atoms with Crippen molar-refractivity contribution in [2.75, 3.05) is 17.8 Å². The van der Waals surface area contributed by atoms with E-state index in [1.807, 2.05) is 71.6 Å². The predicted molar refractivity (Wildman–Crippen MR) is 152 cm³/mol. The molecular formula is C31H29N3O4S. The topological polar surface area (TPSA) is 88.5 Å². The van der Waals surface area contributed by atoms with Gasteiger partial charge in [-0.25, -0.2) is 8.42 Å². The molecule has 6 rings (SSSR count). The van der Waals surface area contributed by atoms with E-state index >= 15 is 0 Å². The van der Waals surface area contributed by atoms with E-state index < -0.39 is 10.0 Å². The largest absolute Gasteiger partial charge is 0.338 e. The highest BCUT2D eigenvalue weighted by molar-refractivity contribution is 7.91. The van der Waals surface area contributed by atoms with Crippen LogP contribution in [0.3, 0.4) is 0 Å². The molecule has 4 aromatic rings. The van der Waals surface area contributed by atoms with E-state index in [-0.39, 0.29) is 34.7 Å². The van der Waals surface area contributed by atoms with Crippen LogP contribution in [-0.4, -0.2) is 36.9 Å². The van der Waals surface area contributed by atoms with E-state index in [9.17, 15) is 18.0 Å². The van der Waals surface area contributed by atoms with E-state index in [1.165, 1.54) is 0 Å². The number of carbonyl (C=O) groups is 1.